The van der Waals surface area contributed by atoms with Gasteiger partial charge in [-0.1, -0.05) is 19.3 Å². The molecule has 0 aliphatic heterocycles. The lowest BCUT2D eigenvalue weighted by molar-refractivity contribution is -0.893. The molecule has 4 nitrogen and oxygen atoms in total. The van der Waals surface area contributed by atoms with Gasteiger partial charge in [-0.15, -0.1) is 0 Å². The van der Waals surface area contributed by atoms with Crippen molar-refractivity contribution in [3.63, 3.8) is 0 Å². The van der Waals surface area contributed by atoms with Gasteiger partial charge in [-0.2, -0.15) is 0 Å². The standard InChI is InChI=1S/C19H45N4/c1-20-19-23(5,6)18-14-10-9-13-17-22(4)16-12-8-7-11-15-21(2)3/h20H,7-19H2,1-6H3/q+1. The van der Waals surface area contributed by atoms with Crippen molar-refractivity contribution in [2.24, 2.45) is 0 Å². The Morgan fingerprint density at radius 3 is 1.65 bits per heavy atom. The first-order chi connectivity index (χ1) is 10.9. The van der Waals surface area contributed by atoms with E-state index in [1.807, 2.05) is 7.05 Å². The summed E-state index contributed by atoms with van der Waals surface area (Å²) in [4.78, 5) is 4.80. The Balaban J connectivity index is 3.35. The third-order valence-electron chi connectivity index (χ3n) is 4.53. The van der Waals surface area contributed by atoms with Crippen molar-refractivity contribution in [3.8, 4) is 0 Å². The van der Waals surface area contributed by atoms with Crippen LogP contribution in [0.2, 0.25) is 0 Å². The minimum atomic E-state index is 1.07. The molecule has 0 saturated carbocycles. The summed E-state index contributed by atoms with van der Waals surface area (Å²) in [5.74, 6) is 0. The number of rotatable bonds is 16. The summed E-state index contributed by atoms with van der Waals surface area (Å²) in [6, 6.07) is 0. The predicted molar refractivity (Wildman–Crippen MR) is 104 cm³/mol. The molecule has 0 heterocycles. The van der Waals surface area contributed by atoms with Crippen molar-refractivity contribution in [2.45, 2.75) is 51.4 Å². The van der Waals surface area contributed by atoms with Gasteiger partial charge in [0.15, 0.2) is 0 Å². The highest BCUT2D eigenvalue weighted by atomic mass is 15.4. The SMILES string of the molecule is CNC[N+](C)(C)CCCCCCN(C)CCCCCCN(C)C. The number of nitrogens with zero attached hydrogens (tertiary/aromatic N) is 3. The third-order valence-corrected chi connectivity index (χ3v) is 4.53. The Morgan fingerprint density at radius 1 is 0.696 bits per heavy atom. The first-order valence-electron chi connectivity index (χ1n) is 9.67. The van der Waals surface area contributed by atoms with Crippen molar-refractivity contribution in [1.29, 1.82) is 0 Å². The van der Waals surface area contributed by atoms with Gasteiger partial charge in [-0.25, -0.2) is 0 Å². The molecule has 1 N–H and O–H groups in total. The molecule has 0 amide bonds. The van der Waals surface area contributed by atoms with Crippen LogP contribution in [0.4, 0.5) is 0 Å². The molecule has 0 aromatic heterocycles. The van der Waals surface area contributed by atoms with Crippen molar-refractivity contribution >= 4 is 0 Å². The zero-order chi connectivity index (χ0) is 17.6. The van der Waals surface area contributed by atoms with Crippen LogP contribution in [0.15, 0.2) is 0 Å². The molecule has 0 aliphatic rings. The largest absolute Gasteiger partial charge is 0.316 e. The van der Waals surface area contributed by atoms with Crippen molar-refractivity contribution in [3.05, 3.63) is 0 Å². The minimum absolute atomic E-state index is 1.07. The molecule has 140 valence electrons. The summed E-state index contributed by atoms with van der Waals surface area (Å²) in [6.45, 7) is 6.13. The molecule has 0 bridgehead atoms. The number of unbranched alkanes of at least 4 members (excludes halogenated alkanes) is 6. The first kappa shape index (κ1) is 22.8. The van der Waals surface area contributed by atoms with E-state index in [1.54, 1.807) is 0 Å². The fourth-order valence-corrected chi connectivity index (χ4v) is 3.06. The Bertz CT molecular complexity index is 254. The van der Waals surface area contributed by atoms with E-state index in [2.05, 4.69) is 50.4 Å². The molecule has 0 unspecified atom stereocenters. The van der Waals surface area contributed by atoms with Gasteiger partial charge in [0.05, 0.1) is 20.6 Å². The average Bonchev–Trinajstić information content (AvgIpc) is 2.46. The van der Waals surface area contributed by atoms with Gasteiger partial charge in [0.1, 0.15) is 6.67 Å². The van der Waals surface area contributed by atoms with Crippen LogP contribution in [0.5, 0.6) is 0 Å². The smallest absolute Gasteiger partial charge is 0.131 e. The maximum absolute atomic E-state index is 3.28. The lowest BCUT2D eigenvalue weighted by Crippen LogP contribution is -2.46. The Kier molecular flexibility index (Phi) is 14.1. The van der Waals surface area contributed by atoms with Crippen LogP contribution in [0.3, 0.4) is 0 Å². The molecule has 0 atom stereocenters. The molecule has 0 rings (SSSR count). The minimum Gasteiger partial charge on any atom is -0.316 e. The summed E-state index contributed by atoms with van der Waals surface area (Å²) in [6.07, 6.45) is 10.9. The molecular weight excluding hydrogens is 284 g/mol. The van der Waals surface area contributed by atoms with Gasteiger partial charge in [0.2, 0.25) is 0 Å². The normalized spacial score (nSPS) is 12.5. The second-order valence-electron chi connectivity index (χ2n) is 8.11. The van der Waals surface area contributed by atoms with E-state index in [-0.39, 0.29) is 0 Å². The van der Waals surface area contributed by atoms with Crippen LogP contribution in [0.25, 0.3) is 0 Å². The Hall–Kier alpha value is -0.160. The topological polar surface area (TPSA) is 18.5 Å². The van der Waals surface area contributed by atoms with Gasteiger partial charge in [0, 0.05) is 0 Å². The van der Waals surface area contributed by atoms with E-state index >= 15 is 0 Å². The van der Waals surface area contributed by atoms with Crippen molar-refractivity contribution in [1.82, 2.24) is 15.1 Å². The molecule has 0 radical (unpaired) electrons. The fourth-order valence-electron chi connectivity index (χ4n) is 3.06. The van der Waals surface area contributed by atoms with Gasteiger partial charge >= 0.3 is 0 Å². The molecule has 0 fully saturated rings. The Labute approximate surface area is 146 Å². The lowest BCUT2D eigenvalue weighted by Gasteiger charge is -2.29. The quantitative estimate of drug-likeness (QED) is 0.267. The number of hydrogen-bond acceptors (Lipinski definition) is 3. The summed E-state index contributed by atoms with van der Waals surface area (Å²) < 4.78 is 1.09. The van der Waals surface area contributed by atoms with Gasteiger partial charge in [-0.3, -0.25) is 5.32 Å². The van der Waals surface area contributed by atoms with Gasteiger partial charge < -0.3 is 14.3 Å². The van der Waals surface area contributed by atoms with Crippen LogP contribution < -0.4 is 5.32 Å². The van der Waals surface area contributed by atoms with E-state index in [4.69, 9.17) is 0 Å². The molecule has 23 heavy (non-hydrogen) atoms. The first-order valence-corrected chi connectivity index (χ1v) is 9.67. The summed E-state index contributed by atoms with van der Waals surface area (Å²) >= 11 is 0. The van der Waals surface area contributed by atoms with Crippen LogP contribution in [0, 0.1) is 0 Å². The molecular formula is C19H45N4+. The van der Waals surface area contributed by atoms with Crippen molar-refractivity contribution < 1.29 is 4.48 Å². The van der Waals surface area contributed by atoms with E-state index in [0.29, 0.717) is 0 Å². The Morgan fingerprint density at radius 2 is 1.17 bits per heavy atom. The summed E-state index contributed by atoms with van der Waals surface area (Å²) in [5, 5.41) is 3.28. The number of nitrogens with one attached hydrogen (secondary N) is 1. The van der Waals surface area contributed by atoms with Crippen LogP contribution in [0.1, 0.15) is 51.4 Å². The molecule has 0 spiro atoms. The maximum Gasteiger partial charge on any atom is 0.131 e. The van der Waals surface area contributed by atoms with E-state index in [0.717, 1.165) is 11.2 Å². The third kappa shape index (κ3) is 16.5. The van der Waals surface area contributed by atoms with E-state index in [1.165, 1.54) is 77.5 Å². The highest BCUT2D eigenvalue weighted by Gasteiger charge is 2.12. The lowest BCUT2D eigenvalue weighted by atomic mass is 10.1. The molecule has 0 aliphatic carbocycles. The summed E-state index contributed by atoms with van der Waals surface area (Å²) in [5.41, 5.74) is 0. The zero-order valence-corrected chi connectivity index (χ0v) is 17.0. The fraction of sp³-hybridized carbons (Fsp3) is 1.00. The zero-order valence-electron chi connectivity index (χ0n) is 17.0. The molecule has 0 saturated heterocycles. The predicted octanol–water partition coefficient (Wildman–Crippen LogP) is 2.85. The van der Waals surface area contributed by atoms with Gasteiger partial charge in [0.25, 0.3) is 0 Å². The summed E-state index contributed by atoms with van der Waals surface area (Å²) in [7, 11) is 13.3. The number of quaternary nitrogens is 1. The number of hydrogen-bond donors (Lipinski definition) is 1. The maximum atomic E-state index is 3.28. The molecule has 0 aromatic carbocycles. The van der Waals surface area contributed by atoms with E-state index in [9.17, 15) is 0 Å². The monoisotopic (exact) mass is 329 g/mol. The molecule has 4 heteroatoms. The second-order valence-corrected chi connectivity index (χ2v) is 8.11. The van der Waals surface area contributed by atoms with Crippen LogP contribution >= 0.6 is 0 Å². The highest BCUT2D eigenvalue weighted by Crippen LogP contribution is 2.06. The van der Waals surface area contributed by atoms with E-state index < -0.39 is 0 Å². The van der Waals surface area contributed by atoms with Crippen LogP contribution in [-0.2, 0) is 0 Å². The van der Waals surface area contributed by atoms with Crippen molar-refractivity contribution in [2.75, 3.05) is 75.1 Å². The average molecular weight is 330 g/mol. The highest BCUT2D eigenvalue weighted by molar-refractivity contribution is 4.54. The second kappa shape index (κ2) is 14.2. The van der Waals surface area contributed by atoms with Gasteiger partial charge in [-0.05, 0) is 79.9 Å². The van der Waals surface area contributed by atoms with Crippen LogP contribution in [-0.4, -0.2) is 89.4 Å². The molecule has 0 aromatic rings.